The number of carboxylic acids is 1. The summed E-state index contributed by atoms with van der Waals surface area (Å²) in [4.78, 5) is 13.4. The lowest BCUT2D eigenvalue weighted by Gasteiger charge is -2.33. The van der Waals surface area contributed by atoms with Crippen molar-refractivity contribution in [2.24, 2.45) is 0 Å². The highest BCUT2D eigenvalue weighted by atomic mass is 16.4. The van der Waals surface area contributed by atoms with Crippen molar-refractivity contribution in [1.82, 2.24) is 4.90 Å². The lowest BCUT2D eigenvalue weighted by molar-refractivity contribution is -0.143. The van der Waals surface area contributed by atoms with Crippen LogP contribution in [0.25, 0.3) is 0 Å². The lowest BCUT2D eigenvalue weighted by atomic mass is 9.96. The minimum absolute atomic E-state index is 0.236. The van der Waals surface area contributed by atoms with Gasteiger partial charge in [-0.05, 0) is 43.9 Å². The number of carbonyl (C=O) groups is 1. The molecule has 1 aliphatic carbocycles. The molecule has 0 saturated carbocycles. The molecule has 2 atom stereocenters. The topological polar surface area (TPSA) is 40.5 Å². The van der Waals surface area contributed by atoms with Gasteiger partial charge >= 0.3 is 5.97 Å². The number of aryl methyl sites for hydroxylation is 1. The molecule has 3 heteroatoms. The quantitative estimate of drug-likeness (QED) is 0.846. The largest absolute Gasteiger partial charge is 0.480 e. The van der Waals surface area contributed by atoms with Crippen molar-refractivity contribution in [2.75, 3.05) is 7.05 Å². The van der Waals surface area contributed by atoms with Crippen LogP contribution in [0.1, 0.15) is 49.8 Å². The van der Waals surface area contributed by atoms with E-state index in [1.807, 2.05) is 18.9 Å². The molecule has 104 valence electrons. The molecule has 2 unspecified atom stereocenters. The van der Waals surface area contributed by atoms with Crippen molar-refractivity contribution in [1.29, 1.82) is 0 Å². The van der Waals surface area contributed by atoms with E-state index in [0.29, 0.717) is 6.42 Å². The lowest BCUT2D eigenvalue weighted by Crippen LogP contribution is -2.40. The second kappa shape index (κ2) is 6.20. The number of hydrogen-bond acceptors (Lipinski definition) is 2. The molecule has 19 heavy (non-hydrogen) atoms. The summed E-state index contributed by atoms with van der Waals surface area (Å²) in [5.41, 5.74) is 2.71. The van der Waals surface area contributed by atoms with Gasteiger partial charge in [-0.2, -0.15) is 0 Å². The van der Waals surface area contributed by atoms with Crippen LogP contribution < -0.4 is 0 Å². The van der Waals surface area contributed by atoms with Gasteiger partial charge < -0.3 is 5.11 Å². The Morgan fingerprint density at radius 1 is 1.42 bits per heavy atom. The first kappa shape index (κ1) is 14.1. The first-order chi connectivity index (χ1) is 9.15. The van der Waals surface area contributed by atoms with Gasteiger partial charge in [-0.25, -0.2) is 0 Å². The SMILES string of the molecule is CCC(C(=O)O)N(C)C1CCCCc2ccccc21. The summed E-state index contributed by atoms with van der Waals surface area (Å²) < 4.78 is 0. The maximum atomic E-state index is 11.4. The molecule has 0 saturated heterocycles. The highest BCUT2D eigenvalue weighted by Crippen LogP contribution is 2.33. The molecule has 0 radical (unpaired) electrons. The molecule has 0 spiro atoms. The average Bonchev–Trinajstić information content (AvgIpc) is 2.61. The van der Waals surface area contributed by atoms with Crippen LogP contribution in [0, 0.1) is 0 Å². The van der Waals surface area contributed by atoms with E-state index >= 15 is 0 Å². The molecule has 1 aromatic carbocycles. The molecule has 0 aliphatic heterocycles. The smallest absolute Gasteiger partial charge is 0.320 e. The molecule has 1 aliphatic rings. The number of fused-ring (bicyclic) bond motifs is 1. The van der Waals surface area contributed by atoms with Crippen LogP contribution in [0.4, 0.5) is 0 Å². The molecule has 0 bridgehead atoms. The second-order valence-corrected chi connectivity index (χ2v) is 5.39. The minimum atomic E-state index is -0.716. The Bertz CT molecular complexity index is 444. The monoisotopic (exact) mass is 261 g/mol. The van der Waals surface area contributed by atoms with E-state index in [-0.39, 0.29) is 6.04 Å². The molecule has 0 heterocycles. The van der Waals surface area contributed by atoms with Crippen molar-refractivity contribution in [3.05, 3.63) is 35.4 Å². The molecule has 0 amide bonds. The van der Waals surface area contributed by atoms with E-state index in [9.17, 15) is 9.90 Å². The number of benzene rings is 1. The zero-order valence-electron chi connectivity index (χ0n) is 11.8. The molecule has 0 aromatic heterocycles. The summed E-state index contributed by atoms with van der Waals surface area (Å²) in [7, 11) is 1.95. The molecular formula is C16H23NO2. The van der Waals surface area contributed by atoms with Gasteiger partial charge in [-0.1, -0.05) is 37.6 Å². The Hall–Kier alpha value is -1.35. The van der Waals surface area contributed by atoms with E-state index in [1.54, 1.807) is 0 Å². The molecule has 0 fully saturated rings. The fourth-order valence-electron chi connectivity index (χ4n) is 3.17. The number of rotatable bonds is 4. The molecule has 1 N–H and O–H groups in total. The third kappa shape index (κ3) is 2.98. The normalized spacial score (nSPS) is 20.7. The van der Waals surface area contributed by atoms with E-state index in [4.69, 9.17) is 0 Å². The Balaban J connectivity index is 2.30. The highest BCUT2D eigenvalue weighted by molar-refractivity contribution is 5.73. The zero-order chi connectivity index (χ0) is 13.8. The molecule has 3 nitrogen and oxygen atoms in total. The maximum absolute atomic E-state index is 11.4. The summed E-state index contributed by atoms with van der Waals surface area (Å²) >= 11 is 0. The van der Waals surface area contributed by atoms with Gasteiger partial charge in [0, 0.05) is 6.04 Å². The van der Waals surface area contributed by atoms with Crippen molar-refractivity contribution in [2.45, 2.75) is 51.1 Å². The summed E-state index contributed by atoms with van der Waals surface area (Å²) in [5.74, 6) is -0.716. The van der Waals surface area contributed by atoms with Gasteiger partial charge in [0.25, 0.3) is 0 Å². The van der Waals surface area contributed by atoms with Crippen LogP contribution >= 0.6 is 0 Å². The Labute approximate surface area is 115 Å². The van der Waals surface area contributed by atoms with Crippen molar-refractivity contribution in [3.8, 4) is 0 Å². The van der Waals surface area contributed by atoms with Crippen molar-refractivity contribution in [3.63, 3.8) is 0 Å². The third-order valence-electron chi connectivity index (χ3n) is 4.24. The van der Waals surface area contributed by atoms with Crippen LogP contribution in [-0.4, -0.2) is 29.1 Å². The Kier molecular flexibility index (Phi) is 4.59. The van der Waals surface area contributed by atoms with Crippen LogP contribution in [0.5, 0.6) is 0 Å². The van der Waals surface area contributed by atoms with E-state index in [2.05, 4.69) is 24.3 Å². The zero-order valence-corrected chi connectivity index (χ0v) is 11.8. The maximum Gasteiger partial charge on any atom is 0.320 e. The number of likely N-dealkylation sites (N-methyl/N-ethyl adjacent to an activating group) is 1. The number of hydrogen-bond donors (Lipinski definition) is 1. The number of aliphatic carboxylic acids is 1. The van der Waals surface area contributed by atoms with Crippen molar-refractivity contribution >= 4 is 5.97 Å². The Morgan fingerprint density at radius 3 is 2.84 bits per heavy atom. The van der Waals surface area contributed by atoms with E-state index in [0.717, 1.165) is 12.8 Å². The van der Waals surface area contributed by atoms with Crippen LogP contribution in [0.15, 0.2) is 24.3 Å². The molecule has 1 aromatic rings. The molecular weight excluding hydrogens is 238 g/mol. The van der Waals surface area contributed by atoms with Crippen LogP contribution in [0.3, 0.4) is 0 Å². The predicted octanol–water partition coefficient (Wildman–Crippen LogP) is 3.25. The van der Waals surface area contributed by atoms with Gasteiger partial charge in [0.2, 0.25) is 0 Å². The van der Waals surface area contributed by atoms with Gasteiger partial charge in [0.1, 0.15) is 6.04 Å². The van der Waals surface area contributed by atoms with E-state index in [1.165, 1.54) is 24.0 Å². The minimum Gasteiger partial charge on any atom is -0.480 e. The average molecular weight is 261 g/mol. The first-order valence-corrected chi connectivity index (χ1v) is 7.17. The third-order valence-corrected chi connectivity index (χ3v) is 4.24. The first-order valence-electron chi connectivity index (χ1n) is 7.17. The number of carboxylic acid groups (broad SMARTS) is 1. The second-order valence-electron chi connectivity index (χ2n) is 5.39. The summed E-state index contributed by atoms with van der Waals surface area (Å²) in [6.45, 7) is 1.94. The molecule has 2 rings (SSSR count). The summed E-state index contributed by atoms with van der Waals surface area (Å²) in [6.07, 6.45) is 5.18. The van der Waals surface area contributed by atoms with Crippen LogP contribution in [0.2, 0.25) is 0 Å². The summed E-state index contributed by atoms with van der Waals surface area (Å²) in [5, 5.41) is 9.35. The van der Waals surface area contributed by atoms with Gasteiger partial charge in [-0.15, -0.1) is 0 Å². The van der Waals surface area contributed by atoms with Crippen molar-refractivity contribution < 1.29 is 9.90 Å². The highest BCUT2D eigenvalue weighted by Gasteiger charge is 2.29. The standard InChI is InChI=1S/C16H23NO2/c1-3-14(16(18)19)17(2)15-11-7-5-9-12-8-4-6-10-13(12)15/h4,6,8,10,14-15H,3,5,7,9,11H2,1-2H3,(H,18,19). The Morgan fingerprint density at radius 2 is 2.16 bits per heavy atom. The van der Waals surface area contributed by atoms with Gasteiger partial charge in [0.05, 0.1) is 0 Å². The predicted molar refractivity (Wildman–Crippen MR) is 76.2 cm³/mol. The van der Waals surface area contributed by atoms with Gasteiger partial charge in [-0.3, -0.25) is 9.69 Å². The van der Waals surface area contributed by atoms with Gasteiger partial charge in [0.15, 0.2) is 0 Å². The van der Waals surface area contributed by atoms with E-state index < -0.39 is 12.0 Å². The number of nitrogens with zero attached hydrogens (tertiary/aromatic N) is 1. The van der Waals surface area contributed by atoms with Crippen LogP contribution in [-0.2, 0) is 11.2 Å². The summed E-state index contributed by atoms with van der Waals surface area (Å²) in [6, 6.07) is 8.33. The fraction of sp³-hybridized carbons (Fsp3) is 0.562. The fourth-order valence-corrected chi connectivity index (χ4v) is 3.17.